The molecule has 16 heavy (non-hydrogen) atoms. The predicted octanol–water partition coefficient (Wildman–Crippen LogP) is 2.43. The van der Waals surface area contributed by atoms with E-state index in [0.717, 1.165) is 12.8 Å². The zero-order valence-corrected chi connectivity index (χ0v) is 8.90. The highest BCUT2D eigenvalue weighted by Gasteiger charge is 2.40. The number of hydrogen-bond acceptors (Lipinski definition) is 3. The third kappa shape index (κ3) is 2.37. The van der Waals surface area contributed by atoms with Gasteiger partial charge < -0.3 is 10.2 Å². The van der Waals surface area contributed by atoms with E-state index >= 15 is 0 Å². The van der Waals surface area contributed by atoms with Crippen molar-refractivity contribution >= 4 is 0 Å². The standard InChI is InChI=1S/C10H13F3N2O/c1-6-7(2-3-9(14)4-5-9)16-8(15-6)10(11,12)13/h2-5,14H2,1H3. The fourth-order valence-electron chi connectivity index (χ4n) is 1.55. The Kier molecular flexibility index (Phi) is 2.49. The molecule has 0 unspecified atom stereocenters. The smallest absolute Gasteiger partial charge is 0.438 e. The molecule has 1 heterocycles. The summed E-state index contributed by atoms with van der Waals surface area (Å²) < 4.78 is 41.6. The van der Waals surface area contributed by atoms with Crippen LogP contribution in [0.1, 0.15) is 36.6 Å². The van der Waals surface area contributed by atoms with E-state index in [-0.39, 0.29) is 5.54 Å². The van der Waals surface area contributed by atoms with E-state index in [2.05, 4.69) is 4.98 Å². The molecule has 2 N–H and O–H groups in total. The lowest BCUT2D eigenvalue weighted by Gasteiger charge is -2.05. The fourth-order valence-corrected chi connectivity index (χ4v) is 1.55. The van der Waals surface area contributed by atoms with E-state index in [4.69, 9.17) is 10.2 Å². The van der Waals surface area contributed by atoms with Gasteiger partial charge in [0.15, 0.2) is 0 Å². The quantitative estimate of drug-likeness (QED) is 0.873. The van der Waals surface area contributed by atoms with Gasteiger partial charge in [0.2, 0.25) is 0 Å². The van der Waals surface area contributed by atoms with Crippen LogP contribution >= 0.6 is 0 Å². The summed E-state index contributed by atoms with van der Waals surface area (Å²) in [5, 5.41) is 0. The molecular weight excluding hydrogens is 221 g/mol. The Balaban J connectivity index is 2.06. The monoisotopic (exact) mass is 234 g/mol. The average Bonchev–Trinajstić information content (AvgIpc) is 2.74. The number of rotatable bonds is 3. The van der Waals surface area contributed by atoms with E-state index < -0.39 is 12.1 Å². The van der Waals surface area contributed by atoms with Crippen molar-refractivity contribution < 1.29 is 17.6 Å². The van der Waals surface area contributed by atoms with E-state index in [1.54, 1.807) is 0 Å². The summed E-state index contributed by atoms with van der Waals surface area (Å²) in [4.78, 5) is 3.37. The van der Waals surface area contributed by atoms with E-state index in [1.165, 1.54) is 6.92 Å². The zero-order valence-electron chi connectivity index (χ0n) is 8.90. The van der Waals surface area contributed by atoms with Crippen molar-refractivity contribution in [2.24, 2.45) is 5.73 Å². The van der Waals surface area contributed by atoms with Crippen molar-refractivity contribution in [3.8, 4) is 0 Å². The molecule has 0 radical (unpaired) electrons. The molecule has 1 aliphatic rings. The van der Waals surface area contributed by atoms with Crippen molar-refractivity contribution in [3.63, 3.8) is 0 Å². The van der Waals surface area contributed by atoms with Gasteiger partial charge in [-0.3, -0.25) is 0 Å². The number of aromatic nitrogens is 1. The summed E-state index contributed by atoms with van der Waals surface area (Å²) in [6, 6.07) is 0. The van der Waals surface area contributed by atoms with Gasteiger partial charge in [-0.1, -0.05) is 0 Å². The molecule has 1 fully saturated rings. The largest absolute Gasteiger partial charge is 0.468 e. The second-order valence-electron chi connectivity index (χ2n) is 4.39. The lowest BCUT2D eigenvalue weighted by molar-refractivity contribution is -0.157. The minimum absolute atomic E-state index is 0.183. The van der Waals surface area contributed by atoms with Gasteiger partial charge in [0.05, 0.1) is 5.69 Å². The molecule has 2 rings (SSSR count). The summed E-state index contributed by atoms with van der Waals surface area (Å²) in [6.45, 7) is 1.52. The van der Waals surface area contributed by atoms with Gasteiger partial charge in [0.25, 0.3) is 0 Å². The molecule has 1 aliphatic carbocycles. The number of nitrogens with zero attached hydrogens (tertiary/aromatic N) is 1. The highest BCUT2D eigenvalue weighted by Crippen LogP contribution is 2.37. The summed E-state index contributed by atoms with van der Waals surface area (Å²) in [6.07, 6.45) is -1.56. The third-order valence-electron chi connectivity index (χ3n) is 2.88. The molecule has 0 spiro atoms. The second kappa shape index (κ2) is 3.48. The maximum atomic E-state index is 12.3. The number of aryl methyl sites for hydroxylation is 2. The third-order valence-corrected chi connectivity index (χ3v) is 2.88. The first kappa shape index (κ1) is 11.4. The number of halogens is 3. The predicted molar refractivity (Wildman–Crippen MR) is 50.7 cm³/mol. The number of hydrogen-bond donors (Lipinski definition) is 1. The second-order valence-corrected chi connectivity index (χ2v) is 4.39. The van der Waals surface area contributed by atoms with Gasteiger partial charge in [0.1, 0.15) is 5.76 Å². The van der Waals surface area contributed by atoms with Gasteiger partial charge in [0, 0.05) is 12.0 Å². The highest BCUT2D eigenvalue weighted by atomic mass is 19.4. The molecule has 0 amide bonds. The van der Waals surface area contributed by atoms with E-state index in [9.17, 15) is 13.2 Å². The van der Waals surface area contributed by atoms with Gasteiger partial charge in [-0.25, -0.2) is 4.98 Å². The lowest BCUT2D eigenvalue weighted by atomic mass is 10.1. The molecule has 0 atom stereocenters. The molecule has 1 aromatic heterocycles. The van der Waals surface area contributed by atoms with Crippen LogP contribution < -0.4 is 5.73 Å². The minimum atomic E-state index is -4.51. The number of nitrogens with two attached hydrogens (primary N) is 1. The van der Waals surface area contributed by atoms with E-state index in [0.29, 0.717) is 24.3 Å². The first-order chi connectivity index (χ1) is 7.30. The summed E-state index contributed by atoms with van der Waals surface area (Å²) in [7, 11) is 0. The molecule has 3 nitrogen and oxygen atoms in total. The van der Waals surface area contributed by atoms with Crippen molar-refractivity contribution in [1.29, 1.82) is 0 Å². The topological polar surface area (TPSA) is 52.0 Å². The zero-order chi connectivity index (χ0) is 12.0. The van der Waals surface area contributed by atoms with Crippen LogP contribution in [0.2, 0.25) is 0 Å². The molecule has 1 aromatic rings. The summed E-state index contributed by atoms with van der Waals surface area (Å²) in [5.41, 5.74) is 5.97. The Labute approximate surface area is 90.8 Å². The van der Waals surface area contributed by atoms with Crippen LogP contribution in [0.5, 0.6) is 0 Å². The van der Waals surface area contributed by atoms with Gasteiger partial charge >= 0.3 is 12.1 Å². The highest BCUT2D eigenvalue weighted by molar-refractivity contribution is 5.11. The van der Waals surface area contributed by atoms with Crippen LogP contribution in [0.3, 0.4) is 0 Å². The van der Waals surface area contributed by atoms with Crippen molar-refractivity contribution in [2.75, 3.05) is 0 Å². The Hall–Kier alpha value is -1.04. The Bertz CT molecular complexity index is 393. The number of alkyl halides is 3. The van der Waals surface area contributed by atoms with Gasteiger partial charge in [-0.2, -0.15) is 13.2 Å². The van der Waals surface area contributed by atoms with Crippen molar-refractivity contribution in [1.82, 2.24) is 4.98 Å². The Morgan fingerprint density at radius 1 is 1.44 bits per heavy atom. The van der Waals surface area contributed by atoms with E-state index in [1.807, 2.05) is 0 Å². The molecule has 0 saturated heterocycles. The molecule has 90 valence electrons. The minimum Gasteiger partial charge on any atom is -0.438 e. The fraction of sp³-hybridized carbons (Fsp3) is 0.700. The first-order valence-electron chi connectivity index (χ1n) is 5.13. The Morgan fingerprint density at radius 2 is 2.06 bits per heavy atom. The summed E-state index contributed by atoms with van der Waals surface area (Å²) >= 11 is 0. The molecule has 0 aromatic carbocycles. The lowest BCUT2D eigenvalue weighted by Crippen LogP contribution is -2.22. The van der Waals surface area contributed by atoms with Crippen molar-refractivity contribution in [2.45, 2.75) is 44.3 Å². The van der Waals surface area contributed by atoms with Gasteiger partial charge in [-0.15, -0.1) is 0 Å². The average molecular weight is 234 g/mol. The maximum absolute atomic E-state index is 12.3. The maximum Gasteiger partial charge on any atom is 0.468 e. The van der Waals surface area contributed by atoms with Crippen LogP contribution in [0.15, 0.2) is 4.42 Å². The molecular formula is C10H13F3N2O. The van der Waals surface area contributed by atoms with Crippen LogP contribution in [-0.2, 0) is 12.6 Å². The Morgan fingerprint density at radius 3 is 2.50 bits per heavy atom. The first-order valence-corrected chi connectivity index (χ1v) is 5.13. The number of oxazole rings is 1. The van der Waals surface area contributed by atoms with Crippen LogP contribution in [-0.4, -0.2) is 10.5 Å². The normalized spacial score (nSPS) is 18.8. The van der Waals surface area contributed by atoms with Crippen LogP contribution in [0.4, 0.5) is 13.2 Å². The molecule has 0 bridgehead atoms. The molecule has 6 heteroatoms. The molecule has 1 saturated carbocycles. The van der Waals surface area contributed by atoms with Gasteiger partial charge in [-0.05, 0) is 26.2 Å². The molecule has 0 aliphatic heterocycles. The van der Waals surface area contributed by atoms with Crippen LogP contribution in [0.25, 0.3) is 0 Å². The van der Waals surface area contributed by atoms with Crippen LogP contribution in [0, 0.1) is 6.92 Å². The summed E-state index contributed by atoms with van der Waals surface area (Å²) in [5.74, 6) is -0.870. The van der Waals surface area contributed by atoms with Crippen molar-refractivity contribution in [3.05, 3.63) is 17.3 Å². The SMILES string of the molecule is Cc1nc(C(F)(F)F)oc1CCC1(N)CC1.